The molecule has 430 valence electrons. The van der Waals surface area contributed by atoms with Crippen LogP contribution < -0.4 is 16.0 Å². The number of aliphatic hydroxyl groups excluding tert-OH is 15. The second-order valence-electron chi connectivity index (χ2n) is 18.4. The predicted octanol–water partition coefficient (Wildman–Crippen LogP) is -11.7. The summed E-state index contributed by atoms with van der Waals surface area (Å²) in [6.45, 7) is -1.01. The van der Waals surface area contributed by atoms with Crippen LogP contribution in [0.2, 0.25) is 0 Å². The molecule has 3 amide bonds. The Balaban J connectivity index is 1.31. The van der Waals surface area contributed by atoms with E-state index in [2.05, 4.69) is 16.0 Å². The molecule has 5 aliphatic rings. The van der Waals surface area contributed by atoms with Crippen molar-refractivity contribution < 1.29 is 143 Å². The molecule has 27 atom stereocenters. The minimum atomic E-state index is -2.12. The van der Waals surface area contributed by atoms with Gasteiger partial charge in [0.05, 0.1) is 65.0 Å². The van der Waals surface area contributed by atoms with E-state index >= 15 is 0 Å². The summed E-state index contributed by atoms with van der Waals surface area (Å²) in [4.78, 5) is 36.8. The molecule has 0 unspecified atom stereocenters. The zero-order valence-electron chi connectivity index (χ0n) is 40.7. The molecule has 0 aromatic rings. The summed E-state index contributed by atoms with van der Waals surface area (Å²) in [6, 6.07) is -4.22. The van der Waals surface area contributed by atoms with Gasteiger partial charge in [-0.05, 0) is 6.92 Å². The Hall–Kier alpha value is -2.63. The molecule has 0 aromatic heterocycles. The Morgan fingerprint density at radius 3 is 1.64 bits per heavy atom. The Morgan fingerprint density at radius 1 is 0.541 bits per heavy atom. The third kappa shape index (κ3) is 15.1. The molecule has 0 saturated carbocycles. The highest BCUT2D eigenvalue weighted by Crippen LogP contribution is 2.34. The lowest BCUT2D eigenvalue weighted by atomic mass is 9.94. The maximum atomic E-state index is 12.6. The molecule has 5 aliphatic heterocycles. The highest BCUT2D eigenvalue weighted by molar-refractivity contribution is 5.74. The van der Waals surface area contributed by atoms with Gasteiger partial charge in [0.1, 0.15) is 122 Å². The van der Waals surface area contributed by atoms with Crippen molar-refractivity contribution in [2.45, 2.75) is 193 Å². The Morgan fingerprint density at radius 2 is 1.05 bits per heavy atom. The average molecular weight is 1080 g/mol. The third-order valence-corrected chi connectivity index (χ3v) is 12.9. The van der Waals surface area contributed by atoms with Crippen LogP contribution in [0.15, 0.2) is 0 Å². The van der Waals surface area contributed by atoms with Crippen molar-refractivity contribution in [2.75, 3.05) is 52.9 Å². The van der Waals surface area contributed by atoms with Crippen LogP contribution in [-0.4, -0.2) is 313 Å². The van der Waals surface area contributed by atoms with E-state index in [9.17, 15) is 91.0 Å². The summed E-state index contributed by atoms with van der Waals surface area (Å²) in [5.74, 6) is -2.06. The number of rotatable bonds is 23. The van der Waals surface area contributed by atoms with Crippen molar-refractivity contribution >= 4 is 17.7 Å². The molecule has 5 heterocycles. The van der Waals surface area contributed by atoms with E-state index in [1.807, 2.05) is 0 Å². The Kier molecular flexibility index (Phi) is 23.8. The predicted molar refractivity (Wildman–Crippen MR) is 234 cm³/mol. The maximum absolute atomic E-state index is 12.6. The molecular formula is C42H73N3O29. The van der Waals surface area contributed by atoms with Crippen LogP contribution in [0, 0.1) is 0 Å². The Bertz CT molecular complexity index is 1750. The molecule has 0 spiro atoms. The number of carbonyl (C=O) groups excluding carboxylic acids is 3. The number of nitrogens with one attached hydrogen (secondary N) is 3. The Labute approximate surface area is 422 Å². The standard InChI is InChI=1S/C42H73N3O29/c1-13-25(54)31(60)33(62)41(68-13)72-35-17(43-14(2)50)10-65-20(8-48)37(35)74-39-24(45-16(4)52)30(59)36(21(9-49)70-39)73-42-34(63)32(61)28(57)22(71-42)12-67-40(64-6-5-46)26(55)18(53)11-66-38-23(44-15(3)51)29(58)27(56)19(7-47)69-38/h13,17-42,46-49,53-63H,5-12H2,1-4H3,(H,43,50)(H,44,51)(H,45,52)/t13-,17-,18-,19+,20+,21+,22+,23+,24+,25+,26-,27+,28+,29+,30+,31+,32-,33-,34-,35+,36+,37+,38-,39-,40+,41-,42-/m0/s1. The zero-order valence-corrected chi connectivity index (χ0v) is 40.7. The van der Waals surface area contributed by atoms with E-state index in [1.54, 1.807) is 0 Å². The van der Waals surface area contributed by atoms with E-state index < -0.39 is 230 Å². The second kappa shape index (κ2) is 28.3. The van der Waals surface area contributed by atoms with Crippen molar-refractivity contribution in [3.63, 3.8) is 0 Å². The van der Waals surface area contributed by atoms with Crippen LogP contribution in [0.4, 0.5) is 0 Å². The van der Waals surface area contributed by atoms with Gasteiger partial charge in [0.2, 0.25) is 17.7 Å². The van der Waals surface area contributed by atoms with E-state index in [0.717, 1.165) is 13.8 Å². The van der Waals surface area contributed by atoms with Crippen LogP contribution in [0.1, 0.15) is 27.7 Å². The minimum absolute atomic E-state index is 0.313. The molecule has 74 heavy (non-hydrogen) atoms. The fraction of sp³-hybridized carbons (Fsp3) is 0.929. The van der Waals surface area contributed by atoms with Crippen molar-refractivity contribution in [1.29, 1.82) is 0 Å². The number of hydrogen-bond donors (Lipinski definition) is 18. The van der Waals surface area contributed by atoms with Gasteiger partial charge in [0.25, 0.3) is 0 Å². The smallest absolute Gasteiger partial charge is 0.217 e. The maximum Gasteiger partial charge on any atom is 0.217 e. The average Bonchev–Trinajstić information content (AvgIpc) is 3.35. The molecule has 0 aromatic carbocycles. The molecule has 0 radical (unpaired) electrons. The summed E-state index contributed by atoms with van der Waals surface area (Å²) >= 11 is 0. The number of ether oxygens (including phenoxy) is 11. The fourth-order valence-corrected chi connectivity index (χ4v) is 8.92. The van der Waals surface area contributed by atoms with E-state index in [-0.39, 0.29) is 6.61 Å². The summed E-state index contributed by atoms with van der Waals surface area (Å²) in [6.07, 6.45) is -41.7. The van der Waals surface area contributed by atoms with Gasteiger partial charge in [-0.2, -0.15) is 0 Å². The largest absolute Gasteiger partial charge is 0.394 e. The van der Waals surface area contributed by atoms with Gasteiger partial charge in [-0.25, -0.2) is 0 Å². The fourth-order valence-electron chi connectivity index (χ4n) is 8.92. The van der Waals surface area contributed by atoms with Crippen LogP contribution in [0.5, 0.6) is 0 Å². The molecule has 0 bridgehead atoms. The van der Waals surface area contributed by atoms with Gasteiger partial charge in [-0.15, -0.1) is 0 Å². The number of carbonyl (C=O) groups is 3. The second-order valence-corrected chi connectivity index (χ2v) is 18.4. The monoisotopic (exact) mass is 1080 g/mol. The molecule has 5 rings (SSSR count). The minimum Gasteiger partial charge on any atom is -0.394 e. The van der Waals surface area contributed by atoms with Gasteiger partial charge in [-0.3, -0.25) is 14.4 Å². The zero-order chi connectivity index (χ0) is 54.9. The summed E-state index contributed by atoms with van der Waals surface area (Å²) in [5.41, 5.74) is 0. The third-order valence-electron chi connectivity index (χ3n) is 12.9. The van der Waals surface area contributed by atoms with Crippen molar-refractivity contribution in [1.82, 2.24) is 16.0 Å². The van der Waals surface area contributed by atoms with Gasteiger partial charge in [-0.1, -0.05) is 0 Å². The summed E-state index contributed by atoms with van der Waals surface area (Å²) < 4.78 is 63.4. The van der Waals surface area contributed by atoms with Crippen LogP contribution in [-0.2, 0) is 66.5 Å². The van der Waals surface area contributed by atoms with Gasteiger partial charge in [0, 0.05) is 20.8 Å². The van der Waals surface area contributed by atoms with Gasteiger partial charge >= 0.3 is 0 Å². The van der Waals surface area contributed by atoms with Crippen LogP contribution >= 0.6 is 0 Å². The topological polar surface area (TPSA) is 492 Å². The van der Waals surface area contributed by atoms with Gasteiger partial charge < -0.3 is 145 Å². The summed E-state index contributed by atoms with van der Waals surface area (Å²) in [5, 5.41) is 167. The first-order valence-corrected chi connectivity index (χ1v) is 23.8. The number of amides is 3. The number of aliphatic hydroxyl groups is 15. The van der Waals surface area contributed by atoms with E-state index in [4.69, 9.17) is 52.1 Å². The SMILES string of the molecule is CC(=O)N[C@H]1[C@H](O[C@H]2[C@H](O[C@@H]3O[C@@H](C)[C@@H](O)[C@@H](O)[C@@H]3O)[C@@H](NC(C)=O)CO[C@@H]2CO)O[C@H](CO)[C@@H](O[C@@H]2O[C@H](CO[C@@H](OCCO)[C@@H](O)[C@@H](O)CO[C@H]3O[C@H](CO)[C@@H](O)[C@H](O)[C@H]3NC(C)=O)[C@@H](O)[C@H](O)[C@@H]2O)[C@@H]1O. The first-order chi connectivity index (χ1) is 35.0. The first kappa shape index (κ1) is 62.2. The molecule has 32 nitrogen and oxygen atoms in total. The van der Waals surface area contributed by atoms with Crippen LogP contribution in [0.3, 0.4) is 0 Å². The lowest BCUT2D eigenvalue weighted by molar-refractivity contribution is -0.366. The van der Waals surface area contributed by atoms with Crippen molar-refractivity contribution in [3.8, 4) is 0 Å². The molecule has 5 saturated heterocycles. The lowest BCUT2D eigenvalue weighted by Gasteiger charge is -2.50. The van der Waals surface area contributed by atoms with Crippen molar-refractivity contribution in [3.05, 3.63) is 0 Å². The highest BCUT2D eigenvalue weighted by atomic mass is 16.8. The van der Waals surface area contributed by atoms with Crippen LogP contribution in [0.25, 0.3) is 0 Å². The highest BCUT2D eigenvalue weighted by Gasteiger charge is 2.55. The van der Waals surface area contributed by atoms with Gasteiger partial charge in [0.15, 0.2) is 31.5 Å². The lowest BCUT2D eigenvalue weighted by Crippen LogP contribution is -2.70. The molecule has 32 heteroatoms. The molecule has 5 fully saturated rings. The number of hydrogen-bond acceptors (Lipinski definition) is 29. The summed E-state index contributed by atoms with van der Waals surface area (Å²) in [7, 11) is 0. The quantitative estimate of drug-likeness (QED) is 0.0423. The molecule has 18 N–H and O–H groups in total. The van der Waals surface area contributed by atoms with Crippen molar-refractivity contribution in [2.24, 2.45) is 0 Å². The first-order valence-electron chi connectivity index (χ1n) is 23.8. The molecular weight excluding hydrogens is 1010 g/mol. The molecule has 0 aliphatic carbocycles. The van der Waals surface area contributed by atoms with E-state index in [0.29, 0.717) is 0 Å². The van der Waals surface area contributed by atoms with E-state index in [1.165, 1.54) is 13.8 Å². The normalized spacial score (nSPS) is 43.2.